The summed E-state index contributed by atoms with van der Waals surface area (Å²) in [5.41, 5.74) is 5.02. The summed E-state index contributed by atoms with van der Waals surface area (Å²) in [6, 6.07) is 11.1. The smallest absolute Gasteiger partial charge is 0.398 e. The zero-order chi connectivity index (χ0) is 20.4. The topological polar surface area (TPSA) is 132 Å². The Bertz CT molecular complexity index is 902. The molecule has 2 rings (SSSR count). The number of benzene rings is 1. The van der Waals surface area contributed by atoms with Crippen LogP contribution in [0.1, 0.15) is 16.1 Å². The summed E-state index contributed by atoms with van der Waals surface area (Å²) in [6.07, 6.45) is 1.43. The number of carbonyl (C=O) groups excluding carboxylic acids is 3. The molecule has 0 bridgehead atoms. The van der Waals surface area contributed by atoms with Crippen LogP contribution in [0.2, 0.25) is 0 Å². The van der Waals surface area contributed by atoms with Crippen molar-refractivity contribution in [2.75, 3.05) is 7.11 Å². The molecule has 0 radical (unpaired) electrons. The van der Waals surface area contributed by atoms with E-state index in [0.29, 0.717) is 0 Å². The van der Waals surface area contributed by atoms with E-state index in [1.165, 1.54) is 24.4 Å². The summed E-state index contributed by atoms with van der Waals surface area (Å²) in [6.45, 7) is 1.88. The Labute approximate surface area is 160 Å². The van der Waals surface area contributed by atoms with Crippen LogP contribution in [0.25, 0.3) is 0 Å². The summed E-state index contributed by atoms with van der Waals surface area (Å²) in [5.74, 6) is -2.79. The lowest BCUT2D eigenvalue weighted by atomic mass is 10.2. The molecule has 1 aromatic carbocycles. The normalized spacial score (nSPS) is 10.0. The third-order valence-electron chi connectivity index (χ3n) is 2.86. The van der Waals surface area contributed by atoms with Crippen molar-refractivity contribution in [1.29, 1.82) is 0 Å². The van der Waals surface area contributed by atoms with E-state index < -0.39 is 26.8 Å². The Morgan fingerprint density at radius 3 is 2.15 bits per heavy atom. The number of hydrogen-bond donors (Lipinski definition) is 2. The minimum Gasteiger partial charge on any atom is -0.462 e. The largest absolute Gasteiger partial charge is 0.462 e. The number of carbonyl (C=O) groups is 3. The van der Waals surface area contributed by atoms with Gasteiger partial charge in [-0.2, -0.15) is 0 Å². The molecule has 0 aliphatic heterocycles. The van der Waals surface area contributed by atoms with E-state index >= 15 is 0 Å². The molecule has 1 heterocycles. The number of aryl methyl sites for hydroxylation is 1. The second-order valence-electron chi connectivity index (χ2n) is 4.87. The van der Waals surface area contributed by atoms with Crippen molar-refractivity contribution in [1.82, 2.24) is 15.8 Å². The average molecular weight is 414 g/mol. The first-order valence-corrected chi connectivity index (χ1v) is 9.57. The van der Waals surface area contributed by atoms with Gasteiger partial charge in [0.2, 0.25) is 0 Å². The number of aromatic nitrogens is 1. The lowest BCUT2D eigenvalue weighted by molar-refractivity contribution is -0.153. The number of halogens is 1. The first kappa shape index (κ1) is 22.1. The van der Waals surface area contributed by atoms with Crippen molar-refractivity contribution >= 4 is 37.5 Å². The van der Waals surface area contributed by atoms with E-state index in [1.54, 1.807) is 24.3 Å². The molecule has 11 heteroatoms. The molecule has 0 aliphatic rings. The number of hydrogen-bond acceptors (Lipinski definition) is 7. The quantitative estimate of drug-likeness (QED) is 0.324. The zero-order valence-corrected chi connectivity index (χ0v) is 15.9. The van der Waals surface area contributed by atoms with Crippen LogP contribution in [0.4, 0.5) is 0 Å². The number of nitrogens with zero attached hydrogens (tertiary/aromatic N) is 1. The second-order valence-corrected chi connectivity index (χ2v) is 7.43. The van der Waals surface area contributed by atoms with Crippen LogP contribution < -0.4 is 10.9 Å². The van der Waals surface area contributed by atoms with Gasteiger partial charge in [0.05, 0.1) is 12.0 Å². The molecule has 9 nitrogen and oxygen atoms in total. The first-order valence-electron chi connectivity index (χ1n) is 7.26. The van der Waals surface area contributed by atoms with Crippen LogP contribution in [-0.4, -0.2) is 38.3 Å². The molecular formula is C16H16ClN3O6S. The molecule has 0 fully saturated rings. The molecule has 0 aliphatic carbocycles. The minimum absolute atomic E-state index is 0.118. The lowest BCUT2D eigenvalue weighted by Crippen LogP contribution is -2.45. The molecule has 0 spiro atoms. The van der Waals surface area contributed by atoms with Gasteiger partial charge in [0.1, 0.15) is 5.69 Å². The highest BCUT2D eigenvalue weighted by molar-refractivity contribution is 8.13. The van der Waals surface area contributed by atoms with Gasteiger partial charge in [0.25, 0.3) is 15.0 Å². The molecule has 2 amide bonds. The average Bonchev–Trinajstić information content (AvgIpc) is 2.66. The van der Waals surface area contributed by atoms with Crippen molar-refractivity contribution in [2.45, 2.75) is 11.8 Å². The van der Waals surface area contributed by atoms with Gasteiger partial charge < -0.3 is 4.74 Å². The molecule has 27 heavy (non-hydrogen) atoms. The fourth-order valence-corrected chi connectivity index (χ4v) is 2.29. The van der Waals surface area contributed by atoms with Crippen LogP contribution in [0, 0.1) is 6.92 Å². The van der Waals surface area contributed by atoms with Crippen molar-refractivity contribution < 1.29 is 27.5 Å². The standard InChI is InChI=1S/C9H9N3O4.C7H7ClO2S/c1-16-9(15)8(14)12-11-7(13)6-4-2-3-5-10-6;1-6-2-4-7(5-3-6)11(8,9)10/h2-5H,1H3,(H,11,13)(H,12,14);2-5H,1H3. The van der Waals surface area contributed by atoms with Crippen molar-refractivity contribution in [3.05, 3.63) is 59.9 Å². The second kappa shape index (κ2) is 10.2. The van der Waals surface area contributed by atoms with E-state index in [2.05, 4.69) is 9.72 Å². The van der Waals surface area contributed by atoms with Crippen LogP contribution in [0.5, 0.6) is 0 Å². The van der Waals surface area contributed by atoms with Gasteiger partial charge >= 0.3 is 11.9 Å². The van der Waals surface area contributed by atoms with Gasteiger partial charge in [0, 0.05) is 16.9 Å². The lowest BCUT2D eigenvalue weighted by Gasteiger charge is -2.04. The number of amides is 2. The van der Waals surface area contributed by atoms with E-state index in [9.17, 15) is 22.8 Å². The molecule has 144 valence electrons. The van der Waals surface area contributed by atoms with Gasteiger partial charge in [-0.25, -0.2) is 13.2 Å². The Kier molecular flexibility index (Phi) is 8.36. The highest BCUT2D eigenvalue weighted by Gasteiger charge is 2.15. The van der Waals surface area contributed by atoms with Crippen molar-refractivity contribution in [3.63, 3.8) is 0 Å². The molecule has 0 saturated carbocycles. The van der Waals surface area contributed by atoms with Gasteiger partial charge in [-0.15, -0.1) is 0 Å². The highest BCUT2D eigenvalue weighted by Crippen LogP contribution is 2.14. The highest BCUT2D eigenvalue weighted by atomic mass is 35.7. The maximum atomic E-state index is 11.3. The molecular weight excluding hydrogens is 398 g/mol. The van der Waals surface area contributed by atoms with Crippen molar-refractivity contribution in [3.8, 4) is 0 Å². The Morgan fingerprint density at radius 1 is 1.04 bits per heavy atom. The Morgan fingerprint density at radius 2 is 1.67 bits per heavy atom. The first-order chi connectivity index (χ1) is 12.6. The van der Waals surface area contributed by atoms with Crippen LogP contribution in [0.3, 0.4) is 0 Å². The fraction of sp³-hybridized carbons (Fsp3) is 0.125. The van der Waals surface area contributed by atoms with E-state index in [4.69, 9.17) is 10.7 Å². The Balaban J connectivity index is 0.000000289. The molecule has 0 unspecified atom stereocenters. The third-order valence-corrected chi connectivity index (χ3v) is 4.23. The van der Waals surface area contributed by atoms with Crippen molar-refractivity contribution in [2.24, 2.45) is 0 Å². The molecule has 2 N–H and O–H groups in total. The van der Waals surface area contributed by atoms with Crippen LogP contribution in [0.15, 0.2) is 53.6 Å². The van der Waals surface area contributed by atoms with Gasteiger partial charge in [-0.3, -0.25) is 25.4 Å². The summed E-state index contributed by atoms with van der Waals surface area (Å²) in [5, 5.41) is 0. The monoisotopic (exact) mass is 413 g/mol. The number of esters is 1. The summed E-state index contributed by atoms with van der Waals surface area (Å²) >= 11 is 0. The molecule has 0 saturated heterocycles. The number of nitrogens with one attached hydrogen (secondary N) is 2. The Hall–Kier alpha value is -2.98. The summed E-state index contributed by atoms with van der Waals surface area (Å²) < 4.78 is 25.6. The number of hydrazine groups is 1. The van der Waals surface area contributed by atoms with Crippen LogP contribution >= 0.6 is 10.7 Å². The minimum atomic E-state index is -3.55. The number of ether oxygens (including phenoxy) is 1. The molecule has 1 aromatic heterocycles. The maximum Gasteiger partial charge on any atom is 0.398 e. The van der Waals surface area contributed by atoms with E-state index in [-0.39, 0.29) is 10.6 Å². The predicted octanol–water partition coefficient (Wildman–Crippen LogP) is 0.938. The van der Waals surface area contributed by atoms with Crippen LogP contribution in [-0.2, 0) is 23.4 Å². The van der Waals surface area contributed by atoms with E-state index in [1.807, 2.05) is 17.8 Å². The fourth-order valence-electron chi connectivity index (χ4n) is 1.52. The number of methoxy groups -OCH3 is 1. The number of pyridine rings is 1. The van der Waals surface area contributed by atoms with Gasteiger partial charge in [-0.1, -0.05) is 23.8 Å². The molecule has 0 atom stereocenters. The predicted molar refractivity (Wildman–Crippen MR) is 96.1 cm³/mol. The van der Waals surface area contributed by atoms with Gasteiger partial charge in [0.15, 0.2) is 0 Å². The molecule has 2 aromatic rings. The maximum absolute atomic E-state index is 11.3. The SMILES string of the molecule is COC(=O)C(=O)NNC(=O)c1ccccn1.Cc1ccc(S(=O)(=O)Cl)cc1. The summed E-state index contributed by atoms with van der Waals surface area (Å²) in [4.78, 5) is 36.8. The van der Waals surface area contributed by atoms with E-state index in [0.717, 1.165) is 12.7 Å². The third kappa shape index (κ3) is 7.84. The number of rotatable bonds is 2. The summed E-state index contributed by atoms with van der Waals surface area (Å²) in [7, 11) is 2.59. The zero-order valence-electron chi connectivity index (χ0n) is 14.3. The van der Waals surface area contributed by atoms with Gasteiger partial charge in [-0.05, 0) is 31.2 Å².